The van der Waals surface area contributed by atoms with Crippen LogP contribution in [0.2, 0.25) is 0 Å². The van der Waals surface area contributed by atoms with Crippen LogP contribution in [0.15, 0.2) is 59.4 Å². The monoisotopic (exact) mass is 390 g/mol. The Kier molecular flexibility index (Phi) is 5.01. The van der Waals surface area contributed by atoms with E-state index in [4.69, 9.17) is 0 Å². The molecule has 0 aliphatic rings. The molecule has 0 spiro atoms. The first kappa shape index (κ1) is 18.4. The summed E-state index contributed by atoms with van der Waals surface area (Å²) in [7, 11) is 0. The second-order valence-corrected chi connectivity index (χ2v) is 8.31. The molecule has 0 aliphatic carbocycles. The molecule has 0 saturated carbocycles. The van der Waals surface area contributed by atoms with E-state index in [1.165, 1.54) is 16.9 Å². The maximum absolute atomic E-state index is 12.7. The lowest BCUT2D eigenvalue weighted by molar-refractivity contribution is 0.0942. The van der Waals surface area contributed by atoms with Gasteiger partial charge in [-0.2, -0.15) is 0 Å². The Balaban J connectivity index is 1.56. The highest BCUT2D eigenvalue weighted by atomic mass is 32.1. The van der Waals surface area contributed by atoms with Gasteiger partial charge in [0.05, 0.1) is 10.3 Å². The Morgan fingerprint density at radius 2 is 1.89 bits per heavy atom. The summed E-state index contributed by atoms with van der Waals surface area (Å²) in [6.45, 7) is 4.03. The van der Waals surface area contributed by atoms with E-state index in [1.807, 2.05) is 50.2 Å². The van der Waals surface area contributed by atoms with Crippen molar-refractivity contribution in [1.82, 2.24) is 10.3 Å². The zero-order valence-corrected chi connectivity index (χ0v) is 16.7. The van der Waals surface area contributed by atoms with E-state index in [-0.39, 0.29) is 17.5 Å². The maximum atomic E-state index is 12.7. The van der Waals surface area contributed by atoms with Crippen molar-refractivity contribution in [3.05, 3.63) is 81.0 Å². The number of hydrogen-bond acceptors (Lipinski definition) is 3. The molecule has 2 aromatic carbocycles. The van der Waals surface area contributed by atoms with Gasteiger partial charge in [-0.3, -0.25) is 9.59 Å². The van der Waals surface area contributed by atoms with E-state index in [0.29, 0.717) is 10.3 Å². The van der Waals surface area contributed by atoms with E-state index in [1.54, 1.807) is 6.07 Å². The van der Waals surface area contributed by atoms with Gasteiger partial charge in [0.1, 0.15) is 0 Å². The number of thiophene rings is 1. The van der Waals surface area contributed by atoms with E-state index >= 15 is 0 Å². The SMILES string of the molecule is Cc1ccc2[nH]c(=O)c3cc(C(=O)N[C@@H](C)CCc4ccccc4)sc3c2c1. The molecule has 0 unspecified atom stereocenters. The minimum Gasteiger partial charge on any atom is -0.349 e. The van der Waals surface area contributed by atoms with Gasteiger partial charge in [-0.1, -0.05) is 42.0 Å². The van der Waals surface area contributed by atoms with Gasteiger partial charge >= 0.3 is 0 Å². The Morgan fingerprint density at radius 3 is 2.68 bits per heavy atom. The van der Waals surface area contributed by atoms with Gasteiger partial charge in [-0.05, 0) is 50.5 Å². The standard InChI is InChI=1S/C23H22N2O2S/c1-14-8-11-19-17(12-14)21-18(22(26)25-19)13-20(28-21)23(27)24-15(2)9-10-16-6-4-3-5-7-16/h3-8,11-13,15H,9-10H2,1-2H3,(H,24,27)(H,25,26)/t15-/m0/s1. The number of aryl methyl sites for hydroxylation is 2. The second-order valence-electron chi connectivity index (χ2n) is 7.26. The number of rotatable bonds is 5. The average Bonchev–Trinajstić information content (AvgIpc) is 3.15. The quantitative estimate of drug-likeness (QED) is 0.514. The molecule has 142 valence electrons. The summed E-state index contributed by atoms with van der Waals surface area (Å²) in [5.41, 5.74) is 3.03. The highest BCUT2D eigenvalue weighted by Crippen LogP contribution is 2.30. The van der Waals surface area contributed by atoms with E-state index in [0.717, 1.165) is 34.0 Å². The number of aromatic amines is 1. The van der Waals surface area contributed by atoms with Gasteiger partial charge in [0.15, 0.2) is 0 Å². The van der Waals surface area contributed by atoms with Crippen molar-refractivity contribution in [3.63, 3.8) is 0 Å². The minimum atomic E-state index is -0.154. The Hall–Kier alpha value is -2.92. The highest BCUT2D eigenvalue weighted by Gasteiger charge is 2.16. The zero-order chi connectivity index (χ0) is 19.7. The van der Waals surface area contributed by atoms with Crippen LogP contribution in [0.25, 0.3) is 21.0 Å². The van der Waals surface area contributed by atoms with Gasteiger partial charge in [0.2, 0.25) is 0 Å². The molecule has 2 heterocycles. The summed E-state index contributed by atoms with van der Waals surface area (Å²) in [6.07, 6.45) is 1.78. The first-order chi connectivity index (χ1) is 13.5. The molecule has 0 fully saturated rings. The lowest BCUT2D eigenvalue weighted by atomic mass is 10.1. The molecule has 5 heteroatoms. The molecular formula is C23H22N2O2S. The smallest absolute Gasteiger partial charge is 0.261 e. The predicted molar refractivity (Wildman–Crippen MR) is 116 cm³/mol. The largest absolute Gasteiger partial charge is 0.349 e. The summed E-state index contributed by atoms with van der Waals surface area (Å²) < 4.78 is 0.865. The fraction of sp³-hybridized carbons (Fsp3) is 0.217. The molecule has 2 aromatic heterocycles. The number of carbonyl (C=O) groups excluding carboxylic acids is 1. The van der Waals surface area contributed by atoms with E-state index < -0.39 is 0 Å². The fourth-order valence-corrected chi connectivity index (χ4v) is 4.50. The molecule has 2 N–H and O–H groups in total. The van der Waals surface area contributed by atoms with Crippen LogP contribution in [0.5, 0.6) is 0 Å². The lowest BCUT2D eigenvalue weighted by Gasteiger charge is -2.13. The van der Waals surface area contributed by atoms with Crippen molar-refractivity contribution in [1.29, 1.82) is 0 Å². The van der Waals surface area contributed by atoms with Crippen LogP contribution in [0.4, 0.5) is 0 Å². The number of H-pyrrole nitrogens is 1. The average molecular weight is 391 g/mol. The van der Waals surface area contributed by atoms with Crippen molar-refractivity contribution in [2.75, 3.05) is 0 Å². The number of nitrogens with one attached hydrogen (secondary N) is 2. The van der Waals surface area contributed by atoms with Crippen LogP contribution < -0.4 is 10.9 Å². The Labute approximate surface area is 167 Å². The van der Waals surface area contributed by atoms with Crippen LogP contribution in [0.3, 0.4) is 0 Å². The third-order valence-electron chi connectivity index (χ3n) is 4.95. The summed E-state index contributed by atoms with van der Waals surface area (Å²) in [4.78, 5) is 28.6. The van der Waals surface area contributed by atoms with Crippen LogP contribution in [-0.4, -0.2) is 16.9 Å². The number of carbonyl (C=O) groups is 1. The molecule has 4 aromatic rings. The summed E-state index contributed by atoms with van der Waals surface area (Å²) >= 11 is 1.38. The number of amides is 1. The predicted octanol–water partition coefficient (Wildman–Crippen LogP) is 4.80. The first-order valence-electron chi connectivity index (χ1n) is 9.42. The molecule has 0 radical (unpaired) electrons. The lowest BCUT2D eigenvalue weighted by Crippen LogP contribution is -2.32. The molecular weight excluding hydrogens is 368 g/mol. The van der Waals surface area contributed by atoms with Crippen molar-refractivity contribution in [2.45, 2.75) is 32.7 Å². The number of hydrogen-bond donors (Lipinski definition) is 2. The second kappa shape index (κ2) is 7.60. The number of benzene rings is 2. The summed E-state index contributed by atoms with van der Waals surface area (Å²) in [5.74, 6) is -0.123. The zero-order valence-electron chi connectivity index (χ0n) is 15.9. The molecule has 4 nitrogen and oxygen atoms in total. The van der Waals surface area contributed by atoms with Crippen molar-refractivity contribution in [2.24, 2.45) is 0 Å². The van der Waals surface area contributed by atoms with Crippen LogP contribution in [0, 0.1) is 6.92 Å². The number of fused-ring (bicyclic) bond motifs is 3. The van der Waals surface area contributed by atoms with Crippen LogP contribution in [-0.2, 0) is 6.42 Å². The molecule has 1 amide bonds. The van der Waals surface area contributed by atoms with Gasteiger partial charge in [0.25, 0.3) is 11.5 Å². The van der Waals surface area contributed by atoms with Gasteiger partial charge in [-0.25, -0.2) is 0 Å². The molecule has 4 rings (SSSR count). The fourth-order valence-electron chi connectivity index (χ4n) is 3.41. The van der Waals surface area contributed by atoms with Gasteiger partial charge in [-0.15, -0.1) is 11.3 Å². The third-order valence-corrected chi connectivity index (χ3v) is 6.12. The summed E-state index contributed by atoms with van der Waals surface area (Å²) in [6, 6.07) is 17.9. The topological polar surface area (TPSA) is 62.0 Å². The van der Waals surface area contributed by atoms with E-state index in [9.17, 15) is 9.59 Å². The normalized spacial score (nSPS) is 12.4. The van der Waals surface area contributed by atoms with Gasteiger partial charge < -0.3 is 10.3 Å². The number of pyridine rings is 1. The Bertz CT molecular complexity index is 1210. The van der Waals surface area contributed by atoms with Crippen molar-refractivity contribution < 1.29 is 4.79 Å². The Morgan fingerprint density at radius 1 is 1.11 bits per heavy atom. The minimum absolute atomic E-state index is 0.0511. The molecule has 0 aliphatic heterocycles. The van der Waals surface area contributed by atoms with Crippen LogP contribution >= 0.6 is 11.3 Å². The first-order valence-corrected chi connectivity index (χ1v) is 10.2. The van der Waals surface area contributed by atoms with Crippen molar-refractivity contribution in [3.8, 4) is 0 Å². The molecule has 28 heavy (non-hydrogen) atoms. The van der Waals surface area contributed by atoms with Gasteiger partial charge in [0, 0.05) is 21.6 Å². The highest BCUT2D eigenvalue weighted by molar-refractivity contribution is 7.21. The molecule has 0 saturated heterocycles. The van der Waals surface area contributed by atoms with Crippen LogP contribution in [0.1, 0.15) is 34.1 Å². The third kappa shape index (κ3) is 3.71. The molecule has 1 atom stereocenters. The maximum Gasteiger partial charge on any atom is 0.261 e. The summed E-state index contributed by atoms with van der Waals surface area (Å²) in [5, 5.41) is 4.62. The van der Waals surface area contributed by atoms with Crippen molar-refractivity contribution >= 4 is 38.2 Å². The van der Waals surface area contributed by atoms with E-state index in [2.05, 4.69) is 22.4 Å². The molecule has 0 bridgehead atoms. The number of aromatic nitrogens is 1.